The number of carbonyl (C=O) groups is 1. The Bertz CT molecular complexity index is 926. The molecule has 0 saturated carbocycles. The minimum Gasteiger partial charge on any atom is -0.292 e. The largest absolute Gasteiger partial charge is 0.416 e. The van der Waals surface area contributed by atoms with Gasteiger partial charge in [0.25, 0.3) is 17.2 Å². The van der Waals surface area contributed by atoms with E-state index in [2.05, 4.69) is 16.0 Å². The van der Waals surface area contributed by atoms with Crippen LogP contribution in [0.5, 0.6) is 0 Å². The molecule has 144 valence electrons. The average molecular weight is 385 g/mol. The standard InChI is InChI=1S/C15H14F3N5O4/c1-2-7-22-13(24)6-5-11(21-22)14(25)20-19-10-4-3-9(15(16,17)18)8-12(10)23(26)27/h3-6,8,19H,2,7H2,1H3,(H,20,25). The minimum absolute atomic E-state index is 0.148. The Kier molecular flexibility index (Phi) is 5.78. The highest BCUT2D eigenvalue weighted by atomic mass is 19.4. The number of rotatable bonds is 6. The van der Waals surface area contributed by atoms with Gasteiger partial charge in [-0.15, -0.1) is 0 Å². The Morgan fingerprint density at radius 3 is 2.59 bits per heavy atom. The van der Waals surface area contributed by atoms with Crippen LogP contribution in [0.2, 0.25) is 0 Å². The van der Waals surface area contributed by atoms with Crippen molar-refractivity contribution in [2.45, 2.75) is 26.1 Å². The molecule has 1 heterocycles. The zero-order valence-electron chi connectivity index (χ0n) is 13.9. The topological polar surface area (TPSA) is 119 Å². The highest BCUT2D eigenvalue weighted by Gasteiger charge is 2.33. The summed E-state index contributed by atoms with van der Waals surface area (Å²) in [5.41, 5.74) is 1.35. The number of halogens is 3. The van der Waals surface area contributed by atoms with Crippen LogP contribution in [0.3, 0.4) is 0 Å². The van der Waals surface area contributed by atoms with E-state index in [0.717, 1.165) is 22.9 Å². The molecule has 2 aromatic rings. The summed E-state index contributed by atoms with van der Waals surface area (Å²) in [5, 5.41) is 14.9. The highest BCUT2D eigenvalue weighted by Crippen LogP contribution is 2.34. The molecular weight excluding hydrogens is 371 g/mol. The monoisotopic (exact) mass is 385 g/mol. The predicted octanol–water partition coefficient (Wildman–Crippen LogP) is 2.34. The number of aromatic nitrogens is 2. The first-order valence-corrected chi connectivity index (χ1v) is 7.63. The molecule has 0 bridgehead atoms. The van der Waals surface area contributed by atoms with Crippen LogP contribution in [0.15, 0.2) is 35.1 Å². The summed E-state index contributed by atoms with van der Waals surface area (Å²) in [6, 6.07) is 4.12. The highest BCUT2D eigenvalue weighted by molar-refractivity contribution is 5.93. The smallest absolute Gasteiger partial charge is 0.292 e. The number of nitro groups is 1. The van der Waals surface area contributed by atoms with E-state index in [4.69, 9.17) is 0 Å². The van der Waals surface area contributed by atoms with Crippen molar-refractivity contribution in [1.82, 2.24) is 15.2 Å². The number of aryl methyl sites for hydroxylation is 1. The molecule has 9 nitrogen and oxygen atoms in total. The zero-order valence-corrected chi connectivity index (χ0v) is 13.9. The summed E-state index contributed by atoms with van der Waals surface area (Å²) in [6.45, 7) is 2.10. The number of hydrogen-bond acceptors (Lipinski definition) is 6. The molecule has 0 radical (unpaired) electrons. The molecule has 0 aliphatic heterocycles. The first-order chi connectivity index (χ1) is 12.6. The molecule has 0 spiro atoms. The third kappa shape index (κ3) is 4.80. The number of nitro benzene ring substituents is 1. The van der Waals surface area contributed by atoms with E-state index in [9.17, 15) is 32.9 Å². The Balaban J connectivity index is 2.21. The molecule has 1 amide bonds. The maximum Gasteiger partial charge on any atom is 0.416 e. The Labute approximate surface area is 149 Å². The number of hydrazine groups is 1. The molecule has 1 aromatic heterocycles. The van der Waals surface area contributed by atoms with Crippen molar-refractivity contribution in [2.24, 2.45) is 0 Å². The van der Waals surface area contributed by atoms with Crippen molar-refractivity contribution in [1.29, 1.82) is 0 Å². The van der Waals surface area contributed by atoms with Gasteiger partial charge in [0.2, 0.25) is 0 Å². The lowest BCUT2D eigenvalue weighted by molar-refractivity contribution is -0.384. The summed E-state index contributed by atoms with van der Waals surface area (Å²) in [4.78, 5) is 33.7. The van der Waals surface area contributed by atoms with Crippen LogP contribution in [0, 0.1) is 10.1 Å². The maximum absolute atomic E-state index is 12.7. The van der Waals surface area contributed by atoms with Gasteiger partial charge in [0.1, 0.15) is 5.69 Å². The first-order valence-electron chi connectivity index (χ1n) is 7.63. The van der Waals surface area contributed by atoms with Gasteiger partial charge in [0.15, 0.2) is 5.69 Å². The third-order valence-corrected chi connectivity index (χ3v) is 3.37. The van der Waals surface area contributed by atoms with E-state index < -0.39 is 33.8 Å². The molecule has 0 unspecified atom stereocenters. The fraction of sp³-hybridized carbons (Fsp3) is 0.267. The van der Waals surface area contributed by atoms with Gasteiger partial charge in [-0.2, -0.15) is 18.3 Å². The normalized spacial score (nSPS) is 11.1. The van der Waals surface area contributed by atoms with Crippen LogP contribution in [0.1, 0.15) is 29.4 Å². The molecule has 0 saturated heterocycles. The number of anilines is 1. The molecule has 27 heavy (non-hydrogen) atoms. The quantitative estimate of drug-likeness (QED) is 0.582. The van der Waals surface area contributed by atoms with E-state index in [1.165, 1.54) is 0 Å². The van der Waals surface area contributed by atoms with Crippen molar-refractivity contribution in [3.05, 3.63) is 62.1 Å². The molecular formula is C15H14F3N5O4. The zero-order chi connectivity index (χ0) is 20.2. The Hall–Kier alpha value is -3.44. The molecule has 0 atom stereocenters. The van der Waals surface area contributed by atoms with E-state index in [0.29, 0.717) is 18.6 Å². The molecule has 2 N–H and O–H groups in total. The van der Waals surface area contributed by atoms with Crippen LogP contribution < -0.4 is 16.4 Å². The van der Waals surface area contributed by atoms with Crippen molar-refractivity contribution in [3.8, 4) is 0 Å². The lowest BCUT2D eigenvalue weighted by Gasteiger charge is -2.11. The number of amides is 1. The van der Waals surface area contributed by atoms with Crippen molar-refractivity contribution < 1.29 is 22.9 Å². The Morgan fingerprint density at radius 1 is 1.30 bits per heavy atom. The van der Waals surface area contributed by atoms with Crippen molar-refractivity contribution >= 4 is 17.3 Å². The number of nitrogens with one attached hydrogen (secondary N) is 2. The second kappa shape index (κ2) is 7.85. The number of hydrogen-bond donors (Lipinski definition) is 2. The molecule has 0 aliphatic rings. The van der Waals surface area contributed by atoms with Crippen LogP contribution in [-0.4, -0.2) is 20.6 Å². The van der Waals surface area contributed by atoms with E-state index in [1.54, 1.807) is 0 Å². The van der Waals surface area contributed by atoms with Gasteiger partial charge in [-0.25, -0.2) is 4.68 Å². The summed E-state index contributed by atoms with van der Waals surface area (Å²) in [6.07, 6.45) is -4.14. The lowest BCUT2D eigenvalue weighted by Crippen LogP contribution is -2.33. The van der Waals surface area contributed by atoms with E-state index >= 15 is 0 Å². The fourth-order valence-corrected chi connectivity index (χ4v) is 2.09. The lowest BCUT2D eigenvalue weighted by atomic mass is 10.1. The first kappa shape index (κ1) is 19.9. The Morgan fingerprint density at radius 2 is 2.00 bits per heavy atom. The van der Waals surface area contributed by atoms with Gasteiger partial charge in [-0.3, -0.25) is 30.6 Å². The van der Waals surface area contributed by atoms with Gasteiger partial charge in [-0.1, -0.05) is 6.92 Å². The fourth-order valence-electron chi connectivity index (χ4n) is 2.09. The van der Waals surface area contributed by atoms with Gasteiger partial charge in [0, 0.05) is 18.7 Å². The van der Waals surface area contributed by atoms with Gasteiger partial charge < -0.3 is 0 Å². The van der Waals surface area contributed by atoms with Gasteiger partial charge in [-0.05, 0) is 24.6 Å². The van der Waals surface area contributed by atoms with Gasteiger partial charge in [0.05, 0.1) is 10.5 Å². The molecule has 0 fully saturated rings. The molecule has 0 aliphatic carbocycles. The van der Waals surface area contributed by atoms with E-state index in [-0.39, 0.29) is 17.9 Å². The third-order valence-electron chi connectivity index (χ3n) is 3.37. The minimum atomic E-state index is -4.75. The second-order valence-corrected chi connectivity index (χ2v) is 5.35. The summed E-state index contributed by atoms with van der Waals surface area (Å²) in [7, 11) is 0. The van der Waals surface area contributed by atoms with Crippen molar-refractivity contribution in [3.63, 3.8) is 0 Å². The van der Waals surface area contributed by atoms with Crippen LogP contribution in [0.4, 0.5) is 24.5 Å². The average Bonchev–Trinajstić information content (AvgIpc) is 2.60. The number of carbonyl (C=O) groups excluding carboxylic acids is 1. The maximum atomic E-state index is 12.7. The molecule has 1 aromatic carbocycles. The summed E-state index contributed by atoms with van der Waals surface area (Å²) in [5.74, 6) is -0.825. The van der Waals surface area contributed by atoms with Crippen LogP contribution in [0.25, 0.3) is 0 Å². The molecule has 2 rings (SSSR count). The van der Waals surface area contributed by atoms with Gasteiger partial charge >= 0.3 is 6.18 Å². The van der Waals surface area contributed by atoms with Crippen LogP contribution >= 0.6 is 0 Å². The number of benzene rings is 1. The summed E-state index contributed by atoms with van der Waals surface area (Å²) < 4.78 is 39.1. The second-order valence-electron chi connectivity index (χ2n) is 5.35. The molecule has 12 heteroatoms. The predicted molar refractivity (Wildman–Crippen MR) is 88.0 cm³/mol. The number of alkyl halides is 3. The summed E-state index contributed by atoms with van der Waals surface area (Å²) >= 11 is 0. The van der Waals surface area contributed by atoms with E-state index in [1.807, 2.05) is 6.92 Å². The SMILES string of the molecule is CCCn1nc(C(=O)NNc2ccc(C(F)(F)F)cc2[N+](=O)[O-])ccc1=O. The number of nitrogens with zero attached hydrogens (tertiary/aromatic N) is 3. The van der Waals surface area contributed by atoms with Crippen molar-refractivity contribution in [2.75, 3.05) is 5.43 Å². The van der Waals surface area contributed by atoms with Crippen LogP contribution in [-0.2, 0) is 12.7 Å².